The van der Waals surface area contributed by atoms with Gasteiger partial charge < -0.3 is 14.2 Å². The number of aromatic nitrogens is 2. The summed E-state index contributed by atoms with van der Waals surface area (Å²) in [5, 5.41) is 0. The quantitative estimate of drug-likeness (QED) is 0.107. The first kappa shape index (κ1) is 32.0. The van der Waals surface area contributed by atoms with Gasteiger partial charge >= 0.3 is 5.97 Å². The van der Waals surface area contributed by atoms with Crippen molar-refractivity contribution in [3.63, 3.8) is 0 Å². The van der Waals surface area contributed by atoms with Gasteiger partial charge in [0.25, 0.3) is 0 Å². The van der Waals surface area contributed by atoms with E-state index in [0.717, 1.165) is 30.6 Å². The van der Waals surface area contributed by atoms with Crippen LogP contribution in [0.3, 0.4) is 0 Å². The zero-order chi connectivity index (χ0) is 29.3. The number of ether oxygens (including phenoxy) is 3. The first-order valence-electron chi connectivity index (χ1n) is 15.2. The minimum Gasteiger partial charge on any atom is -0.493 e. The first-order chi connectivity index (χ1) is 20.0. The smallest absolute Gasteiger partial charge is 0.347 e. The number of esters is 1. The summed E-state index contributed by atoms with van der Waals surface area (Å²) >= 11 is 0. The fraction of sp³-hybridized carbons (Fsp3) is 0.500. The largest absolute Gasteiger partial charge is 0.493 e. The Bertz CT molecular complexity index is 1170. The molecular weight excluding hydrogens is 519 g/mol. The van der Waals surface area contributed by atoms with Gasteiger partial charge in [0, 0.05) is 11.6 Å². The van der Waals surface area contributed by atoms with Gasteiger partial charge in [0.1, 0.15) is 17.3 Å². The summed E-state index contributed by atoms with van der Waals surface area (Å²) in [6, 6.07) is 11.8. The molecule has 7 heteroatoms. The fourth-order valence-electron chi connectivity index (χ4n) is 4.28. The van der Waals surface area contributed by atoms with Crippen LogP contribution in [0, 0.1) is 11.7 Å². The molecule has 0 aliphatic heterocycles. The van der Waals surface area contributed by atoms with E-state index in [1.165, 1.54) is 75.9 Å². The van der Waals surface area contributed by atoms with Gasteiger partial charge in [-0.3, -0.25) is 0 Å². The lowest BCUT2D eigenvalue weighted by molar-refractivity contribution is 0.0722. The molecule has 0 amide bonds. The molecule has 0 saturated heterocycles. The van der Waals surface area contributed by atoms with Crippen molar-refractivity contribution >= 4 is 5.97 Å². The molecule has 2 aromatic carbocycles. The predicted molar refractivity (Wildman–Crippen MR) is 161 cm³/mol. The Morgan fingerprint density at radius 2 is 1.46 bits per heavy atom. The van der Waals surface area contributed by atoms with Gasteiger partial charge in [-0.1, -0.05) is 85.0 Å². The van der Waals surface area contributed by atoms with Gasteiger partial charge in [0.15, 0.2) is 0 Å². The van der Waals surface area contributed by atoms with Crippen LogP contribution in [0.25, 0.3) is 11.3 Å². The first-order valence-corrected chi connectivity index (χ1v) is 15.2. The standard InChI is InChI=1S/C34H45FN2O4/c1-4-6-7-8-9-10-11-12-13-14-21-39-29-19-20-30(31(35)22-29)34(38)41-33-24-36-32(23-37-33)27-15-17-28(18-16-27)40-25-26(3)5-2/h15-20,22-24,26H,4-14,21,25H2,1-3H3. The number of carbonyl (C=O) groups excluding carboxylic acids is 1. The Kier molecular flexibility index (Phi) is 14.1. The second-order valence-corrected chi connectivity index (χ2v) is 10.7. The summed E-state index contributed by atoms with van der Waals surface area (Å²) in [7, 11) is 0. The lowest BCUT2D eigenvalue weighted by Crippen LogP contribution is -2.12. The third-order valence-electron chi connectivity index (χ3n) is 7.13. The fourth-order valence-corrected chi connectivity index (χ4v) is 4.28. The molecule has 0 spiro atoms. The maximum Gasteiger partial charge on any atom is 0.347 e. The van der Waals surface area contributed by atoms with Crippen LogP contribution in [0.4, 0.5) is 4.39 Å². The Morgan fingerprint density at radius 3 is 2.07 bits per heavy atom. The predicted octanol–water partition coefficient (Wildman–Crippen LogP) is 9.23. The van der Waals surface area contributed by atoms with E-state index >= 15 is 0 Å². The molecule has 0 saturated carbocycles. The van der Waals surface area contributed by atoms with Crippen LogP contribution in [0.15, 0.2) is 54.9 Å². The average molecular weight is 565 g/mol. The van der Waals surface area contributed by atoms with Crippen LogP contribution >= 0.6 is 0 Å². The van der Waals surface area contributed by atoms with Gasteiger partial charge in [-0.25, -0.2) is 19.2 Å². The monoisotopic (exact) mass is 564 g/mol. The summed E-state index contributed by atoms with van der Waals surface area (Å²) in [4.78, 5) is 21.0. The molecule has 0 aliphatic rings. The topological polar surface area (TPSA) is 70.5 Å². The highest BCUT2D eigenvalue weighted by atomic mass is 19.1. The van der Waals surface area contributed by atoms with E-state index in [0.29, 0.717) is 30.6 Å². The van der Waals surface area contributed by atoms with Crippen molar-refractivity contribution in [1.29, 1.82) is 0 Å². The molecule has 41 heavy (non-hydrogen) atoms. The van der Waals surface area contributed by atoms with Crippen LogP contribution in [-0.4, -0.2) is 29.2 Å². The molecule has 0 bridgehead atoms. The summed E-state index contributed by atoms with van der Waals surface area (Å²) in [6.45, 7) is 7.72. The number of rotatable bonds is 19. The van der Waals surface area contributed by atoms with Crippen molar-refractivity contribution in [2.24, 2.45) is 5.92 Å². The highest BCUT2D eigenvalue weighted by molar-refractivity contribution is 5.91. The number of unbranched alkanes of at least 4 members (excludes halogenated alkanes) is 9. The van der Waals surface area contributed by atoms with Crippen LogP contribution in [-0.2, 0) is 0 Å². The third kappa shape index (κ3) is 11.5. The Morgan fingerprint density at radius 1 is 0.805 bits per heavy atom. The number of nitrogens with zero attached hydrogens (tertiary/aromatic N) is 2. The van der Waals surface area contributed by atoms with E-state index in [1.54, 1.807) is 6.07 Å². The van der Waals surface area contributed by atoms with Gasteiger partial charge in [-0.05, 0) is 48.7 Å². The molecule has 0 radical (unpaired) electrons. The second-order valence-electron chi connectivity index (χ2n) is 10.7. The minimum absolute atomic E-state index is 0.00653. The Balaban J connectivity index is 1.40. The number of halogens is 1. The van der Waals surface area contributed by atoms with E-state index in [-0.39, 0.29) is 11.4 Å². The zero-order valence-electron chi connectivity index (χ0n) is 24.9. The van der Waals surface area contributed by atoms with Crippen LogP contribution in [0.5, 0.6) is 17.4 Å². The lowest BCUT2D eigenvalue weighted by Gasteiger charge is -2.11. The lowest BCUT2D eigenvalue weighted by atomic mass is 10.1. The molecule has 1 unspecified atom stereocenters. The van der Waals surface area contributed by atoms with Crippen molar-refractivity contribution in [3.05, 3.63) is 66.2 Å². The Labute approximate surface area is 244 Å². The van der Waals surface area contributed by atoms with Crippen molar-refractivity contribution < 1.29 is 23.4 Å². The molecule has 1 aromatic heterocycles. The Hall–Kier alpha value is -3.48. The molecule has 222 valence electrons. The van der Waals surface area contributed by atoms with E-state index < -0.39 is 11.8 Å². The van der Waals surface area contributed by atoms with Gasteiger partial charge in [-0.2, -0.15) is 0 Å². The zero-order valence-corrected chi connectivity index (χ0v) is 24.9. The van der Waals surface area contributed by atoms with Gasteiger partial charge in [-0.15, -0.1) is 0 Å². The molecule has 3 rings (SSSR count). The molecule has 0 aliphatic carbocycles. The SMILES string of the molecule is CCCCCCCCCCCCOc1ccc(C(=O)Oc2cnc(-c3ccc(OCC(C)CC)cc3)cn2)c(F)c1. The second kappa shape index (κ2) is 18.1. The van der Waals surface area contributed by atoms with E-state index in [2.05, 4.69) is 30.7 Å². The summed E-state index contributed by atoms with van der Waals surface area (Å²) in [5.41, 5.74) is 1.29. The van der Waals surface area contributed by atoms with Crippen LogP contribution in [0.2, 0.25) is 0 Å². The molecule has 1 heterocycles. The normalized spacial score (nSPS) is 11.7. The van der Waals surface area contributed by atoms with Gasteiger partial charge in [0.05, 0.1) is 36.9 Å². The number of hydrogen-bond donors (Lipinski definition) is 0. The van der Waals surface area contributed by atoms with E-state index in [9.17, 15) is 9.18 Å². The van der Waals surface area contributed by atoms with Crippen molar-refractivity contribution in [1.82, 2.24) is 9.97 Å². The molecule has 6 nitrogen and oxygen atoms in total. The van der Waals surface area contributed by atoms with Crippen LogP contribution < -0.4 is 14.2 Å². The van der Waals surface area contributed by atoms with Crippen LogP contribution in [0.1, 0.15) is 102 Å². The number of benzene rings is 2. The summed E-state index contributed by atoms with van der Waals surface area (Å²) < 4.78 is 31.4. The van der Waals surface area contributed by atoms with E-state index in [1.807, 2.05) is 24.3 Å². The average Bonchev–Trinajstić information content (AvgIpc) is 2.99. The van der Waals surface area contributed by atoms with Crippen molar-refractivity contribution in [3.8, 4) is 28.6 Å². The third-order valence-corrected chi connectivity index (χ3v) is 7.13. The van der Waals surface area contributed by atoms with E-state index in [4.69, 9.17) is 14.2 Å². The summed E-state index contributed by atoms with van der Waals surface area (Å²) in [5.74, 6) is 0.146. The minimum atomic E-state index is -0.839. The molecular formula is C34H45FN2O4. The maximum atomic E-state index is 14.6. The highest BCUT2D eigenvalue weighted by Crippen LogP contribution is 2.23. The molecule has 0 fully saturated rings. The highest BCUT2D eigenvalue weighted by Gasteiger charge is 2.16. The van der Waals surface area contributed by atoms with Crippen molar-refractivity contribution in [2.75, 3.05) is 13.2 Å². The molecule has 3 aromatic rings. The molecule has 1 atom stereocenters. The molecule has 0 N–H and O–H groups in total. The summed E-state index contributed by atoms with van der Waals surface area (Å²) in [6.07, 6.45) is 16.3. The number of hydrogen-bond acceptors (Lipinski definition) is 6. The number of carbonyl (C=O) groups is 1. The van der Waals surface area contributed by atoms with Gasteiger partial charge in [0.2, 0.25) is 5.88 Å². The van der Waals surface area contributed by atoms with Crippen molar-refractivity contribution in [2.45, 2.75) is 91.4 Å². The maximum absolute atomic E-state index is 14.6.